The van der Waals surface area contributed by atoms with E-state index in [1.54, 1.807) is 20.2 Å². The zero-order chi connectivity index (χ0) is 12.3. The Kier molecular flexibility index (Phi) is 3.63. The number of carbonyl (C=O) groups excluding carboxylic acids is 1. The molecule has 0 aliphatic rings. The van der Waals surface area contributed by atoms with Crippen molar-refractivity contribution in [2.75, 3.05) is 14.1 Å². The van der Waals surface area contributed by atoms with E-state index in [1.165, 1.54) is 22.3 Å². The van der Waals surface area contributed by atoms with E-state index in [2.05, 4.69) is 7.05 Å². The largest absolute Gasteiger partial charge is 0.478 e. The zero-order valence-electron chi connectivity index (χ0n) is 9.23. The molecule has 0 spiro atoms. The number of rotatable bonds is 3. The maximum absolute atomic E-state index is 11.7. The first kappa shape index (κ1) is 12.2. The van der Waals surface area contributed by atoms with Gasteiger partial charge < -0.3 is 15.3 Å². The van der Waals surface area contributed by atoms with E-state index in [4.69, 9.17) is 5.11 Å². The van der Waals surface area contributed by atoms with Gasteiger partial charge in [-0.15, -0.1) is 7.05 Å². The molecule has 5 heteroatoms. The van der Waals surface area contributed by atoms with Crippen LogP contribution in [-0.2, 0) is 0 Å². The predicted molar refractivity (Wildman–Crippen MR) is 58.4 cm³/mol. The highest BCUT2D eigenvalue weighted by Crippen LogP contribution is 2.12. The third-order valence-corrected chi connectivity index (χ3v) is 2.09. The van der Waals surface area contributed by atoms with Gasteiger partial charge in [0.1, 0.15) is 5.69 Å². The van der Waals surface area contributed by atoms with E-state index in [0.29, 0.717) is 11.3 Å². The zero-order valence-corrected chi connectivity index (χ0v) is 9.23. The van der Waals surface area contributed by atoms with Crippen molar-refractivity contribution in [1.82, 2.24) is 4.90 Å². The monoisotopic (exact) mass is 222 g/mol. The van der Waals surface area contributed by atoms with Gasteiger partial charge in [-0.3, -0.25) is 4.79 Å². The Morgan fingerprint density at radius 2 is 1.81 bits per heavy atom. The average molecular weight is 222 g/mol. The van der Waals surface area contributed by atoms with Crippen molar-refractivity contribution in [3.8, 4) is 0 Å². The first-order chi connectivity index (χ1) is 7.45. The summed E-state index contributed by atoms with van der Waals surface area (Å²) in [6, 6.07) is 4.45. The fourth-order valence-electron chi connectivity index (χ4n) is 1.27. The van der Waals surface area contributed by atoms with Gasteiger partial charge in [-0.1, -0.05) is 0 Å². The normalized spacial score (nSPS) is 9.94. The highest BCUT2D eigenvalue weighted by Gasteiger charge is 2.13. The van der Waals surface area contributed by atoms with Gasteiger partial charge in [-0.25, -0.2) is 4.79 Å². The topological polar surface area (TPSA) is 74.2 Å². The average Bonchev–Trinajstić information content (AvgIpc) is 2.27. The van der Waals surface area contributed by atoms with Gasteiger partial charge in [-0.05, 0) is 6.07 Å². The van der Waals surface area contributed by atoms with Crippen molar-refractivity contribution in [2.24, 2.45) is 0 Å². The molecule has 1 rings (SSSR count). The van der Waals surface area contributed by atoms with Gasteiger partial charge in [0, 0.05) is 31.8 Å². The number of carbonyl (C=O) groups is 2. The summed E-state index contributed by atoms with van der Waals surface area (Å²) in [5.74, 6) is -1.29. The smallest absolute Gasteiger partial charge is 0.335 e. The summed E-state index contributed by atoms with van der Waals surface area (Å²) in [6.45, 7) is 0. The summed E-state index contributed by atoms with van der Waals surface area (Å²) in [5, 5.41) is 10.4. The minimum Gasteiger partial charge on any atom is -0.478 e. The maximum atomic E-state index is 11.7. The van der Waals surface area contributed by atoms with Crippen LogP contribution in [0.25, 0.3) is 0 Å². The number of amides is 1. The molecule has 0 fully saturated rings. The lowest BCUT2D eigenvalue weighted by atomic mass is 10.1. The number of hydrogen-bond donors (Lipinski definition) is 2. The number of quaternary nitrogens is 1. The minimum atomic E-state index is -1.06. The summed E-state index contributed by atoms with van der Waals surface area (Å²) in [6.07, 6.45) is 0. The molecule has 0 aliphatic carbocycles. The molecule has 5 nitrogen and oxygen atoms in total. The quantitative estimate of drug-likeness (QED) is 0.561. The third-order valence-electron chi connectivity index (χ3n) is 2.09. The number of nitrogens with two attached hydrogens (primary N) is 1. The molecule has 0 bridgehead atoms. The Morgan fingerprint density at radius 1 is 1.25 bits per heavy atom. The van der Waals surface area contributed by atoms with Crippen LogP contribution >= 0.6 is 0 Å². The van der Waals surface area contributed by atoms with Crippen LogP contribution in [0.1, 0.15) is 20.7 Å². The Labute approximate surface area is 93.7 Å². The van der Waals surface area contributed by atoms with E-state index in [0.717, 1.165) is 0 Å². The van der Waals surface area contributed by atoms with E-state index >= 15 is 0 Å². The SMILES string of the molecule is [CH2-][NH2+]c1cc(C(=O)O)cc(C(=O)N(C)C)c1. The van der Waals surface area contributed by atoms with Gasteiger partial charge >= 0.3 is 5.97 Å². The molecule has 0 radical (unpaired) electrons. The number of aromatic carboxylic acids is 1. The third kappa shape index (κ3) is 2.58. The fraction of sp³-hybridized carbons (Fsp3) is 0.182. The molecular formula is C11H14N2O3. The second-order valence-electron chi connectivity index (χ2n) is 3.55. The lowest BCUT2D eigenvalue weighted by Gasteiger charge is -2.11. The molecule has 0 saturated carbocycles. The molecule has 0 atom stereocenters. The second kappa shape index (κ2) is 4.76. The lowest BCUT2D eigenvalue weighted by Crippen LogP contribution is -2.69. The summed E-state index contributed by atoms with van der Waals surface area (Å²) in [5.41, 5.74) is 1.05. The Hall–Kier alpha value is -1.88. The van der Waals surface area contributed by atoms with E-state index < -0.39 is 5.97 Å². The predicted octanol–water partition coefficient (Wildman–Crippen LogP) is 0.0731. The number of carboxylic acids is 1. The van der Waals surface area contributed by atoms with E-state index in [1.807, 2.05) is 0 Å². The maximum Gasteiger partial charge on any atom is 0.335 e. The van der Waals surface area contributed by atoms with Crippen LogP contribution in [0.15, 0.2) is 18.2 Å². The van der Waals surface area contributed by atoms with Crippen LogP contribution < -0.4 is 5.32 Å². The van der Waals surface area contributed by atoms with Crippen molar-refractivity contribution in [3.63, 3.8) is 0 Å². The molecule has 86 valence electrons. The van der Waals surface area contributed by atoms with Gasteiger partial charge in [0.15, 0.2) is 0 Å². The van der Waals surface area contributed by atoms with Crippen LogP contribution in [0.5, 0.6) is 0 Å². The summed E-state index contributed by atoms with van der Waals surface area (Å²) < 4.78 is 0. The molecule has 0 saturated heterocycles. The number of carboxylic acid groups (broad SMARTS) is 1. The minimum absolute atomic E-state index is 0.0857. The van der Waals surface area contributed by atoms with E-state index in [-0.39, 0.29) is 11.5 Å². The first-order valence-electron chi connectivity index (χ1n) is 4.68. The molecule has 1 aromatic carbocycles. The second-order valence-corrected chi connectivity index (χ2v) is 3.55. The van der Waals surface area contributed by atoms with Gasteiger partial charge in [0.2, 0.25) is 0 Å². The van der Waals surface area contributed by atoms with Crippen molar-refractivity contribution in [3.05, 3.63) is 36.4 Å². The summed E-state index contributed by atoms with van der Waals surface area (Å²) >= 11 is 0. The van der Waals surface area contributed by atoms with E-state index in [9.17, 15) is 9.59 Å². The number of benzene rings is 1. The van der Waals surface area contributed by atoms with Crippen LogP contribution in [-0.4, -0.2) is 36.0 Å². The van der Waals surface area contributed by atoms with Crippen molar-refractivity contribution in [2.45, 2.75) is 0 Å². The molecule has 0 heterocycles. The molecular weight excluding hydrogens is 208 g/mol. The standard InChI is InChI=1S/C11H14N2O3/c1-12-9-5-7(10(14)13(2)3)4-8(6-9)11(15)16/h4-6H,1,12H2,2-3H3,(H,15,16). The summed E-state index contributed by atoms with van der Waals surface area (Å²) in [4.78, 5) is 23.9. The molecule has 1 amide bonds. The van der Waals surface area contributed by atoms with Crippen molar-refractivity contribution < 1.29 is 20.0 Å². The number of hydrogen-bond acceptors (Lipinski definition) is 2. The van der Waals surface area contributed by atoms with Crippen LogP contribution in [0, 0.1) is 7.05 Å². The number of nitrogens with zero attached hydrogens (tertiary/aromatic N) is 1. The fourth-order valence-corrected chi connectivity index (χ4v) is 1.27. The van der Waals surface area contributed by atoms with Gasteiger partial charge in [0.05, 0.1) is 5.56 Å². The highest BCUT2D eigenvalue weighted by molar-refractivity contribution is 5.98. The van der Waals surface area contributed by atoms with Crippen molar-refractivity contribution in [1.29, 1.82) is 0 Å². The first-order valence-corrected chi connectivity index (χ1v) is 4.68. The summed E-state index contributed by atoms with van der Waals surface area (Å²) in [7, 11) is 6.79. The molecule has 16 heavy (non-hydrogen) atoms. The van der Waals surface area contributed by atoms with Gasteiger partial charge in [0.25, 0.3) is 5.91 Å². The molecule has 3 N–H and O–H groups in total. The Morgan fingerprint density at radius 3 is 2.25 bits per heavy atom. The van der Waals surface area contributed by atoms with Crippen LogP contribution in [0.3, 0.4) is 0 Å². The molecule has 1 aromatic rings. The lowest BCUT2D eigenvalue weighted by molar-refractivity contribution is -0.504. The molecule has 0 unspecified atom stereocenters. The van der Waals surface area contributed by atoms with Crippen molar-refractivity contribution >= 4 is 17.6 Å². The Bertz CT molecular complexity index is 427. The van der Waals surface area contributed by atoms with Crippen LogP contribution in [0.4, 0.5) is 5.69 Å². The van der Waals surface area contributed by atoms with Crippen LogP contribution in [0.2, 0.25) is 0 Å². The highest BCUT2D eigenvalue weighted by atomic mass is 16.4. The Balaban J connectivity index is 3.24. The molecule has 0 aromatic heterocycles. The molecule has 0 aliphatic heterocycles. The van der Waals surface area contributed by atoms with Gasteiger partial charge in [-0.2, -0.15) is 0 Å².